The van der Waals surface area contributed by atoms with E-state index in [1.807, 2.05) is 30.3 Å². The molecule has 0 amide bonds. The Morgan fingerprint density at radius 3 is 2.53 bits per heavy atom. The average Bonchev–Trinajstić information content (AvgIpc) is 2.16. The van der Waals surface area contributed by atoms with Crippen molar-refractivity contribution in [3.8, 4) is 0 Å². The van der Waals surface area contributed by atoms with Crippen molar-refractivity contribution >= 4 is 17.6 Å². The molecule has 0 saturated carbocycles. The van der Waals surface area contributed by atoms with Crippen molar-refractivity contribution in [2.24, 2.45) is 0 Å². The maximum atomic E-state index is 10.6. The number of ether oxygens (including phenoxy) is 1. The zero-order valence-electron chi connectivity index (χ0n) is 9.74. The fourth-order valence-electron chi connectivity index (χ4n) is 0.855. The van der Waals surface area contributed by atoms with Gasteiger partial charge in [0, 0.05) is 0 Å². The van der Waals surface area contributed by atoms with Gasteiger partial charge in [-0.2, -0.15) is 0 Å². The second-order valence-corrected chi connectivity index (χ2v) is 3.72. The van der Waals surface area contributed by atoms with E-state index in [1.54, 1.807) is 0 Å². The van der Waals surface area contributed by atoms with Crippen molar-refractivity contribution in [3.63, 3.8) is 0 Å². The molecule has 0 aromatic heterocycles. The fraction of sp³-hybridized carbons (Fsp3) is 0.300. The number of halogens is 1. The van der Waals surface area contributed by atoms with E-state index in [-0.39, 0.29) is 59.4 Å². The van der Waals surface area contributed by atoms with Gasteiger partial charge in [0.2, 0.25) is 5.06 Å². The average molecular weight is 255 g/mol. The number of carboxylic acid groups (broad SMARTS) is 1. The molecular formula is C10H12ClKO3. The maximum absolute atomic E-state index is 10.6. The van der Waals surface area contributed by atoms with E-state index in [1.165, 1.54) is 6.92 Å². The van der Waals surface area contributed by atoms with Gasteiger partial charge in [-0.15, -0.1) is 0 Å². The minimum Gasteiger partial charge on any atom is -1.00 e. The molecule has 0 heterocycles. The number of carbonyl (C=O) groups is 1. The molecule has 0 fully saturated rings. The van der Waals surface area contributed by atoms with Crippen molar-refractivity contribution in [2.45, 2.75) is 18.6 Å². The first-order valence-electron chi connectivity index (χ1n) is 4.12. The van der Waals surface area contributed by atoms with Gasteiger partial charge < -0.3 is 11.3 Å². The van der Waals surface area contributed by atoms with E-state index >= 15 is 0 Å². The van der Waals surface area contributed by atoms with Crippen molar-refractivity contribution in [1.29, 1.82) is 0 Å². The molecule has 0 saturated heterocycles. The van der Waals surface area contributed by atoms with Gasteiger partial charge in [-0.3, -0.25) is 0 Å². The summed E-state index contributed by atoms with van der Waals surface area (Å²) in [5.74, 6) is -1.19. The van der Waals surface area contributed by atoms with E-state index in [4.69, 9.17) is 21.4 Å². The molecule has 1 aromatic rings. The second-order valence-electron chi connectivity index (χ2n) is 3.00. The number of hydrogen-bond donors (Lipinski definition) is 1. The summed E-state index contributed by atoms with van der Waals surface area (Å²) in [5, 5.41) is 7.01. The van der Waals surface area contributed by atoms with Crippen LogP contribution >= 0.6 is 11.6 Å². The van der Waals surface area contributed by atoms with Crippen LogP contribution in [0.2, 0.25) is 0 Å². The Balaban J connectivity index is 0. The Hall–Kier alpha value is 0.576. The summed E-state index contributed by atoms with van der Waals surface area (Å²) in [5.41, 5.74) is 0.889. The molecule has 5 heteroatoms. The summed E-state index contributed by atoms with van der Waals surface area (Å²) in [6, 6.07) is 9.26. The van der Waals surface area contributed by atoms with Gasteiger partial charge in [0.1, 0.15) is 0 Å². The molecule has 0 aliphatic carbocycles. The molecule has 15 heavy (non-hydrogen) atoms. The van der Waals surface area contributed by atoms with Crippen LogP contribution < -0.4 is 51.4 Å². The van der Waals surface area contributed by atoms with Crippen LogP contribution in [0.25, 0.3) is 0 Å². The monoisotopic (exact) mass is 254 g/mol. The molecule has 0 bridgehead atoms. The van der Waals surface area contributed by atoms with Crippen molar-refractivity contribution in [2.75, 3.05) is 0 Å². The summed E-state index contributed by atoms with van der Waals surface area (Å²) in [7, 11) is 0. The fourth-order valence-corrected chi connectivity index (χ4v) is 0.909. The maximum Gasteiger partial charge on any atom is 1.00 e. The summed E-state index contributed by atoms with van der Waals surface area (Å²) in [6.07, 6.45) is 0. The summed E-state index contributed by atoms with van der Waals surface area (Å²) in [6.45, 7) is 1.49. The number of benzene rings is 1. The van der Waals surface area contributed by atoms with Crippen LogP contribution in [-0.4, -0.2) is 16.1 Å². The van der Waals surface area contributed by atoms with Crippen LogP contribution in [0.5, 0.6) is 0 Å². The Labute approximate surface area is 138 Å². The van der Waals surface area contributed by atoms with Crippen LogP contribution in [0.15, 0.2) is 30.3 Å². The predicted octanol–water partition coefficient (Wildman–Crippen LogP) is -0.641. The van der Waals surface area contributed by atoms with Crippen LogP contribution in [0.4, 0.5) is 0 Å². The predicted molar refractivity (Wildman–Crippen MR) is 54.2 cm³/mol. The molecule has 1 atom stereocenters. The van der Waals surface area contributed by atoms with Gasteiger partial charge in [-0.25, -0.2) is 4.79 Å². The van der Waals surface area contributed by atoms with Gasteiger partial charge in [0.15, 0.2) is 0 Å². The molecule has 0 spiro atoms. The third-order valence-electron chi connectivity index (χ3n) is 1.73. The first-order chi connectivity index (χ1) is 6.52. The summed E-state index contributed by atoms with van der Waals surface area (Å²) < 4.78 is 5.04. The van der Waals surface area contributed by atoms with Crippen molar-refractivity contribution < 1.29 is 67.4 Å². The van der Waals surface area contributed by atoms with E-state index in [9.17, 15) is 4.79 Å². The van der Waals surface area contributed by atoms with E-state index in [0.717, 1.165) is 5.56 Å². The first-order valence-corrected chi connectivity index (χ1v) is 4.50. The topological polar surface area (TPSA) is 46.5 Å². The molecular weight excluding hydrogens is 243 g/mol. The Bertz CT molecular complexity index is 319. The Morgan fingerprint density at radius 2 is 2.07 bits per heavy atom. The number of hydrogen-bond acceptors (Lipinski definition) is 2. The molecule has 1 rings (SSSR count). The zero-order chi connectivity index (χ0) is 10.6. The largest absolute Gasteiger partial charge is 1.00 e. The zero-order valence-corrected chi connectivity index (χ0v) is 12.6. The summed E-state index contributed by atoms with van der Waals surface area (Å²) >= 11 is 5.60. The van der Waals surface area contributed by atoms with Crippen LogP contribution in [0.1, 0.15) is 13.9 Å². The quantitative estimate of drug-likeness (QED) is 0.574. The van der Waals surface area contributed by atoms with Crippen molar-refractivity contribution in [3.05, 3.63) is 35.9 Å². The van der Waals surface area contributed by atoms with E-state index < -0.39 is 11.0 Å². The first kappa shape index (κ1) is 15.6. The standard InChI is InChI=1S/C10H11ClO3.K.H/c1-10(11,9(12)13)14-7-8-5-3-2-4-6-8;;/h2-6H,7H2,1H3,(H,12,13);;/q;+1;-1. The molecule has 1 unspecified atom stereocenters. The normalized spacial score (nSPS) is 13.7. The van der Waals surface area contributed by atoms with E-state index in [2.05, 4.69) is 0 Å². The molecule has 0 radical (unpaired) electrons. The number of alkyl halides is 1. The molecule has 0 aliphatic rings. The van der Waals surface area contributed by atoms with Crippen LogP contribution in [0.3, 0.4) is 0 Å². The SMILES string of the molecule is CC(Cl)(OCc1ccccc1)C(=O)O.[H-].[K+]. The van der Waals surface area contributed by atoms with Crippen LogP contribution in [0, 0.1) is 0 Å². The Kier molecular flexibility index (Phi) is 7.28. The molecule has 78 valence electrons. The van der Waals surface area contributed by atoms with Crippen molar-refractivity contribution in [1.82, 2.24) is 0 Å². The molecule has 3 nitrogen and oxygen atoms in total. The summed E-state index contributed by atoms with van der Waals surface area (Å²) in [4.78, 5) is 10.6. The van der Waals surface area contributed by atoms with Gasteiger partial charge >= 0.3 is 57.4 Å². The van der Waals surface area contributed by atoms with E-state index in [0.29, 0.717) is 0 Å². The molecule has 0 aliphatic heterocycles. The minimum atomic E-state index is -1.66. The Morgan fingerprint density at radius 1 is 1.53 bits per heavy atom. The van der Waals surface area contributed by atoms with Crippen LogP contribution in [-0.2, 0) is 16.1 Å². The molecule has 1 aromatic carbocycles. The van der Waals surface area contributed by atoms with Gasteiger partial charge in [-0.1, -0.05) is 41.9 Å². The molecule has 1 N–H and O–H groups in total. The minimum absolute atomic E-state index is 0. The van der Waals surface area contributed by atoms with Gasteiger partial charge in [0.05, 0.1) is 6.61 Å². The number of rotatable bonds is 4. The van der Waals surface area contributed by atoms with Gasteiger partial charge in [-0.05, 0) is 12.5 Å². The smallest absolute Gasteiger partial charge is 1.00 e. The van der Waals surface area contributed by atoms with Gasteiger partial charge in [0.25, 0.3) is 0 Å². The third-order valence-corrected chi connectivity index (χ3v) is 2.01. The number of carboxylic acids is 1. The third kappa shape index (κ3) is 5.45. The number of aliphatic carboxylic acids is 1. The second kappa shape index (κ2) is 7.01.